The van der Waals surface area contributed by atoms with Crippen molar-refractivity contribution in [3.8, 4) is 0 Å². The Morgan fingerprint density at radius 3 is 3.06 bits per heavy atom. The molecule has 0 spiro atoms. The van der Waals surface area contributed by atoms with Crippen LogP contribution in [0.1, 0.15) is 26.7 Å². The van der Waals surface area contributed by atoms with Gasteiger partial charge in [0.2, 0.25) is 0 Å². The zero-order chi connectivity index (χ0) is 12.5. The summed E-state index contributed by atoms with van der Waals surface area (Å²) in [5.41, 5.74) is 1.09. The lowest BCUT2D eigenvalue weighted by Gasteiger charge is -2.37. The highest BCUT2D eigenvalue weighted by Crippen LogP contribution is 2.48. The molecule has 0 amide bonds. The Morgan fingerprint density at radius 2 is 2.35 bits per heavy atom. The second-order valence-corrected chi connectivity index (χ2v) is 5.08. The van der Waals surface area contributed by atoms with E-state index in [2.05, 4.69) is 13.0 Å². The van der Waals surface area contributed by atoms with E-state index in [1.54, 1.807) is 7.11 Å². The monoisotopic (exact) mass is 240 g/mol. The van der Waals surface area contributed by atoms with Gasteiger partial charge in [-0.25, -0.2) is 0 Å². The third kappa shape index (κ3) is 2.11. The predicted molar refractivity (Wildman–Crippen MR) is 62.3 cm³/mol. The van der Waals surface area contributed by atoms with E-state index >= 15 is 0 Å². The summed E-state index contributed by atoms with van der Waals surface area (Å²) in [6.07, 6.45) is 3.89. The van der Waals surface area contributed by atoms with Crippen molar-refractivity contribution in [2.24, 2.45) is 11.3 Å². The van der Waals surface area contributed by atoms with Crippen molar-refractivity contribution in [3.63, 3.8) is 0 Å². The maximum absolute atomic E-state index is 11.7. The molecule has 1 aliphatic heterocycles. The molecule has 0 saturated carbocycles. The molecule has 96 valence electrons. The fraction of sp³-hybridized carbons (Fsp3) is 0.769. The molecule has 1 heterocycles. The minimum atomic E-state index is -0.199. The average molecular weight is 240 g/mol. The van der Waals surface area contributed by atoms with Crippen molar-refractivity contribution in [1.82, 2.24) is 0 Å². The summed E-state index contributed by atoms with van der Waals surface area (Å²) < 4.78 is 15.8. The van der Waals surface area contributed by atoms with Gasteiger partial charge in [-0.2, -0.15) is 0 Å². The van der Waals surface area contributed by atoms with Crippen LogP contribution in [0.3, 0.4) is 0 Å². The lowest BCUT2D eigenvalue weighted by atomic mass is 9.68. The largest absolute Gasteiger partial charge is 0.457 e. The molecule has 4 nitrogen and oxygen atoms in total. The number of hydrogen-bond acceptors (Lipinski definition) is 4. The van der Waals surface area contributed by atoms with Crippen molar-refractivity contribution < 1.29 is 19.0 Å². The van der Waals surface area contributed by atoms with Gasteiger partial charge in [-0.1, -0.05) is 12.5 Å². The van der Waals surface area contributed by atoms with Gasteiger partial charge >= 0.3 is 5.97 Å². The molecule has 17 heavy (non-hydrogen) atoms. The number of allylic oxidation sites excluding steroid dienone is 1. The first-order valence-corrected chi connectivity index (χ1v) is 6.04. The summed E-state index contributed by atoms with van der Waals surface area (Å²) in [6.45, 7) is 4.80. The van der Waals surface area contributed by atoms with E-state index in [1.165, 1.54) is 5.57 Å². The molecule has 1 aliphatic carbocycles. The minimum absolute atomic E-state index is 0.103. The number of ether oxygens (including phenoxy) is 3. The lowest BCUT2D eigenvalue weighted by Crippen LogP contribution is -2.41. The quantitative estimate of drug-likeness (QED) is 0.326. The topological polar surface area (TPSA) is 44.8 Å². The van der Waals surface area contributed by atoms with E-state index in [4.69, 9.17) is 14.2 Å². The molecular formula is C13H20O4. The SMILES string of the molecule is COCOC[C@]12CCC(C)=C[C@H]1OC(=O)[C@@H]2C. The first kappa shape index (κ1) is 12.6. The fourth-order valence-corrected chi connectivity index (χ4v) is 2.75. The number of methoxy groups -OCH3 is 1. The van der Waals surface area contributed by atoms with Gasteiger partial charge in [0.05, 0.1) is 12.5 Å². The molecule has 0 unspecified atom stereocenters. The van der Waals surface area contributed by atoms with E-state index < -0.39 is 0 Å². The summed E-state index contributed by atoms with van der Waals surface area (Å²) in [7, 11) is 1.60. The standard InChI is InChI=1S/C13H20O4/c1-9-4-5-13(7-16-8-15-3)10(2)12(14)17-11(13)6-9/h6,10-11H,4-5,7-8H2,1-3H3/t10-,11+,13-/m0/s1. The first-order chi connectivity index (χ1) is 8.10. The second kappa shape index (κ2) is 4.78. The van der Waals surface area contributed by atoms with Gasteiger partial charge < -0.3 is 14.2 Å². The van der Waals surface area contributed by atoms with Crippen LogP contribution < -0.4 is 0 Å². The molecule has 4 heteroatoms. The Labute approximate surface area is 102 Å². The normalized spacial score (nSPS) is 36.4. The summed E-state index contributed by atoms with van der Waals surface area (Å²) >= 11 is 0. The van der Waals surface area contributed by atoms with Crippen molar-refractivity contribution in [2.75, 3.05) is 20.5 Å². The Hall–Kier alpha value is -0.870. The van der Waals surface area contributed by atoms with Gasteiger partial charge in [0.15, 0.2) is 0 Å². The van der Waals surface area contributed by atoms with Gasteiger partial charge in [0, 0.05) is 12.5 Å². The summed E-state index contributed by atoms with van der Waals surface area (Å²) in [5.74, 6) is -0.212. The minimum Gasteiger partial charge on any atom is -0.457 e. The van der Waals surface area contributed by atoms with E-state index in [9.17, 15) is 4.79 Å². The Balaban J connectivity index is 2.17. The van der Waals surface area contributed by atoms with Crippen LogP contribution in [0.25, 0.3) is 0 Å². The number of carbonyl (C=O) groups excluding carboxylic acids is 1. The second-order valence-electron chi connectivity index (χ2n) is 5.08. The summed E-state index contributed by atoms with van der Waals surface area (Å²) in [5, 5.41) is 0. The Kier molecular flexibility index (Phi) is 3.54. The highest BCUT2D eigenvalue weighted by molar-refractivity contribution is 5.76. The Bertz CT molecular complexity index is 336. The van der Waals surface area contributed by atoms with Crippen LogP contribution in [-0.2, 0) is 19.0 Å². The lowest BCUT2D eigenvalue weighted by molar-refractivity contribution is -0.142. The highest BCUT2D eigenvalue weighted by Gasteiger charge is 2.55. The predicted octanol–water partition coefficient (Wildman–Crippen LogP) is 1.89. The molecule has 0 aromatic heterocycles. The summed E-state index contributed by atoms with van der Waals surface area (Å²) in [6, 6.07) is 0. The van der Waals surface area contributed by atoms with Gasteiger partial charge in [-0.15, -0.1) is 0 Å². The molecule has 2 rings (SSSR count). The molecule has 3 atom stereocenters. The van der Waals surface area contributed by atoms with Crippen LogP contribution in [0.2, 0.25) is 0 Å². The number of esters is 1. The molecule has 0 aromatic rings. The number of fused-ring (bicyclic) bond motifs is 1. The van der Waals surface area contributed by atoms with Crippen molar-refractivity contribution in [2.45, 2.75) is 32.8 Å². The van der Waals surface area contributed by atoms with Gasteiger partial charge in [-0.3, -0.25) is 4.79 Å². The number of hydrogen-bond donors (Lipinski definition) is 0. The first-order valence-electron chi connectivity index (χ1n) is 6.04. The van der Waals surface area contributed by atoms with Crippen LogP contribution in [-0.4, -0.2) is 32.6 Å². The van der Waals surface area contributed by atoms with Crippen molar-refractivity contribution >= 4 is 5.97 Å². The third-order valence-corrected chi connectivity index (χ3v) is 4.02. The number of carbonyl (C=O) groups is 1. The maximum atomic E-state index is 11.7. The van der Waals surface area contributed by atoms with Gasteiger partial charge in [0.25, 0.3) is 0 Å². The molecule has 0 radical (unpaired) electrons. The smallest absolute Gasteiger partial charge is 0.310 e. The Morgan fingerprint density at radius 1 is 1.59 bits per heavy atom. The average Bonchev–Trinajstić information content (AvgIpc) is 2.53. The van der Waals surface area contributed by atoms with Crippen LogP contribution in [0.4, 0.5) is 0 Å². The zero-order valence-corrected chi connectivity index (χ0v) is 10.7. The molecular weight excluding hydrogens is 220 g/mol. The van der Waals surface area contributed by atoms with E-state index in [-0.39, 0.29) is 30.2 Å². The van der Waals surface area contributed by atoms with Gasteiger partial charge in [0.1, 0.15) is 12.9 Å². The summed E-state index contributed by atoms with van der Waals surface area (Å²) in [4.78, 5) is 11.7. The molecule has 2 aliphatic rings. The van der Waals surface area contributed by atoms with Crippen molar-refractivity contribution in [1.29, 1.82) is 0 Å². The molecule has 0 aromatic carbocycles. The van der Waals surface area contributed by atoms with Gasteiger partial charge in [-0.05, 0) is 25.8 Å². The van der Waals surface area contributed by atoms with Crippen LogP contribution in [0, 0.1) is 11.3 Å². The molecule has 1 saturated heterocycles. The highest BCUT2D eigenvalue weighted by atomic mass is 16.7. The van der Waals surface area contributed by atoms with E-state index in [0.29, 0.717) is 6.61 Å². The van der Waals surface area contributed by atoms with Crippen molar-refractivity contribution in [3.05, 3.63) is 11.6 Å². The third-order valence-electron chi connectivity index (χ3n) is 4.02. The van der Waals surface area contributed by atoms with Crippen LogP contribution in [0.15, 0.2) is 11.6 Å². The molecule has 0 bridgehead atoms. The van der Waals surface area contributed by atoms with E-state index in [0.717, 1.165) is 12.8 Å². The maximum Gasteiger partial charge on any atom is 0.310 e. The van der Waals surface area contributed by atoms with Crippen LogP contribution >= 0.6 is 0 Å². The molecule has 1 fully saturated rings. The van der Waals surface area contributed by atoms with E-state index in [1.807, 2.05) is 6.92 Å². The number of rotatable bonds is 4. The zero-order valence-electron chi connectivity index (χ0n) is 10.7. The van der Waals surface area contributed by atoms with Crippen LogP contribution in [0.5, 0.6) is 0 Å². The fourth-order valence-electron chi connectivity index (χ4n) is 2.75. The molecule has 0 N–H and O–H groups in total.